The maximum absolute atomic E-state index is 13.2. The van der Waals surface area contributed by atoms with Gasteiger partial charge in [-0.3, -0.25) is 4.79 Å². The van der Waals surface area contributed by atoms with Crippen LogP contribution in [-0.2, 0) is 4.79 Å². The second-order valence-electron chi connectivity index (χ2n) is 3.02. The standard InChI is InChI=1S/C9H9BrF2N2O/c1-4(13)9(15)14-8-6(10)2-5(11)3-7(8)12/h2-4H,13H2,1H3,(H,14,15)/t4-/m0/s1. The molecular weight excluding hydrogens is 270 g/mol. The van der Waals surface area contributed by atoms with Crippen molar-refractivity contribution in [2.24, 2.45) is 5.73 Å². The topological polar surface area (TPSA) is 55.1 Å². The van der Waals surface area contributed by atoms with E-state index in [-0.39, 0.29) is 10.2 Å². The van der Waals surface area contributed by atoms with Gasteiger partial charge in [0.1, 0.15) is 5.82 Å². The van der Waals surface area contributed by atoms with E-state index in [2.05, 4.69) is 21.2 Å². The summed E-state index contributed by atoms with van der Waals surface area (Å²) in [6.07, 6.45) is 0. The molecule has 0 aliphatic heterocycles. The molecule has 0 unspecified atom stereocenters. The van der Waals surface area contributed by atoms with Crippen LogP contribution >= 0.6 is 15.9 Å². The Morgan fingerprint density at radius 2 is 2.13 bits per heavy atom. The Bertz CT molecular complexity index is 373. The fourth-order valence-corrected chi connectivity index (χ4v) is 1.41. The molecular formula is C9H9BrF2N2O. The summed E-state index contributed by atoms with van der Waals surface area (Å²) in [6, 6.07) is 0.975. The number of benzene rings is 1. The Labute approximate surface area is 93.8 Å². The normalized spacial score (nSPS) is 12.3. The van der Waals surface area contributed by atoms with Crippen molar-refractivity contribution in [1.82, 2.24) is 0 Å². The highest BCUT2D eigenvalue weighted by Crippen LogP contribution is 2.26. The number of halogens is 3. The van der Waals surface area contributed by atoms with Gasteiger partial charge in [0, 0.05) is 10.5 Å². The van der Waals surface area contributed by atoms with E-state index in [9.17, 15) is 13.6 Å². The van der Waals surface area contributed by atoms with Gasteiger partial charge >= 0.3 is 0 Å². The molecule has 0 heterocycles. The molecule has 0 spiro atoms. The van der Waals surface area contributed by atoms with E-state index in [0.717, 1.165) is 6.07 Å². The number of carbonyl (C=O) groups is 1. The van der Waals surface area contributed by atoms with Crippen LogP contribution in [0.4, 0.5) is 14.5 Å². The SMILES string of the molecule is C[C@H](N)C(=O)Nc1c(F)cc(F)cc1Br. The van der Waals surface area contributed by atoms with Crippen LogP contribution in [-0.4, -0.2) is 11.9 Å². The van der Waals surface area contributed by atoms with Crippen molar-refractivity contribution in [2.45, 2.75) is 13.0 Å². The van der Waals surface area contributed by atoms with Gasteiger partial charge < -0.3 is 11.1 Å². The van der Waals surface area contributed by atoms with Crippen molar-refractivity contribution in [3.05, 3.63) is 28.2 Å². The number of hydrogen-bond donors (Lipinski definition) is 2. The molecule has 3 nitrogen and oxygen atoms in total. The number of carbonyl (C=O) groups excluding carboxylic acids is 1. The lowest BCUT2D eigenvalue weighted by atomic mass is 10.2. The minimum Gasteiger partial charge on any atom is -0.321 e. The second-order valence-corrected chi connectivity index (χ2v) is 3.88. The van der Waals surface area contributed by atoms with E-state index in [1.165, 1.54) is 6.92 Å². The van der Waals surface area contributed by atoms with Gasteiger partial charge in [0.2, 0.25) is 5.91 Å². The third-order valence-corrected chi connectivity index (χ3v) is 2.29. The van der Waals surface area contributed by atoms with Crippen molar-refractivity contribution in [1.29, 1.82) is 0 Å². The zero-order chi connectivity index (χ0) is 11.6. The molecule has 0 saturated heterocycles. The minimum atomic E-state index is -0.851. The number of nitrogens with two attached hydrogens (primary N) is 1. The molecule has 82 valence electrons. The number of amides is 1. The van der Waals surface area contributed by atoms with Gasteiger partial charge in [-0.25, -0.2) is 8.78 Å². The number of nitrogens with one attached hydrogen (secondary N) is 1. The highest BCUT2D eigenvalue weighted by Gasteiger charge is 2.14. The molecule has 1 aromatic carbocycles. The molecule has 3 N–H and O–H groups in total. The first-order valence-corrected chi connectivity index (χ1v) is 4.92. The van der Waals surface area contributed by atoms with Gasteiger partial charge in [-0.15, -0.1) is 0 Å². The van der Waals surface area contributed by atoms with Gasteiger partial charge in [-0.05, 0) is 28.9 Å². The molecule has 1 atom stereocenters. The first-order valence-electron chi connectivity index (χ1n) is 4.13. The van der Waals surface area contributed by atoms with Gasteiger partial charge in [0.05, 0.1) is 11.7 Å². The molecule has 0 aromatic heterocycles. The smallest absolute Gasteiger partial charge is 0.241 e. The molecule has 0 aliphatic rings. The van der Waals surface area contributed by atoms with Crippen LogP contribution in [0.2, 0.25) is 0 Å². The Morgan fingerprint density at radius 1 is 1.53 bits per heavy atom. The predicted octanol–water partition coefficient (Wildman–Crippen LogP) is 2.01. The summed E-state index contributed by atoms with van der Waals surface area (Å²) in [5, 5.41) is 2.25. The summed E-state index contributed by atoms with van der Waals surface area (Å²) >= 11 is 2.94. The number of hydrogen-bond acceptors (Lipinski definition) is 2. The van der Waals surface area contributed by atoms with Gasteiger partial charge in [0.15, 0.2) is 5.82 Å². The summed E-state index contributed by atoms with van der Waals surface area (Å²) in [7, 11) is 0. The van der Waals surface area contributed by atoms with Crippen LogP contribution in [0.1, 0.15) is 6.92 Å². The highest BCUT2D eigenvalue weighted by molar-refractivity contribution is 9.10. The maximum atomic E-state index is 13.2. The molecule has 0 aliphatic carbocycles. The van der Waals surface area contributed by atoms with Crippen molar-refractivity contribution in [2.75, 3.05) is 5.32 Å². The molecule has 0 fully saturated rings. The summed E-state index contributed by atoms with van der Waals surface area (Å²) in [5.74, 6) is -2.12. The third-order valence-electron chi connectivity index (χ3n) is 1.67. The zero-order valence-corrected chi connectivity index (χ0v) is 9.44. The Hall–Kier alpha value is -1.01. The van der Waals surface area contributed by atoms with Gasteiger partial charge in [0.25, 0.3) is 0 Å². The van der Waals surface area contributed by atoms with E-state index in [1.807, 2.05) is 0 Å². The number of rotatable bonds is 2. The Balaban J connectivity index is 3.00. The predicted molar refractivity (Wildman–Crippen MR) is 56.3 cm³/mol. The van der Waals surface area contributed by atoms with E-state index < -0.39 is 23.6 Å². The first-order chi connectivity index (χ1) is 6.91. The molecule has 1 amide bonds. The maximum Gasteiger partial charge on any atom is 0.241 e. The van der Waals surface area contributed by atoms with Crippen molar-refractivity contribution in [3.63, 3.8) is 0 Å². The lowest BCUT2D eigenvalue weighted by Crippen LogP contribution is -2.32. The van der Waals surface area contributed by atoms with E-state index in [4.69, 9.17) is 5.73 Å². The van der Waals surface area contributed by atoms with Gasteiger partial charge in [-0.1, -0.05) is 0 Å². The number of anilines is 1. The molecule has 6 heteroatoms. The summed E-state index contributed by atoms with van der Waals surface area (Å²) in [4.78, 5) is 11.2. The van der Waals surface area contributed by atoms with E-state index in [0.29, 0.717) is 6.07 Å². The molecule has 1 rings (SSSR count). The monoisotopic (exact) mass is 278 g/mol. The fraction of sp³-hybridized carbons (Fsp3) is 0.222. The van der Waals surface area contributed by atoms with Crippen LogP contribution in [0, 0.1) is 11.6 Å². The average molecular weight is 279 g/mol. The third kappa shape index (κ3) is 2.97. The lowest BCUT2D eigenvalue weighted by molar-refractivity contribution is -0.117. The van der Waals surface area contributed by atoms with Crippen LogP contribution in [0.3, 0.4) is 0 Å². The van der Waals surface area contributed by atoms with E-state index >= 15 is 0 Å². The van der Waals surface area contributed by atoms with Crippen molar-refractivity contribution in [3.8, 4) is 0 Å². The fourth-order valence-electron chi connectivity index (χ4n) is 0.899. The van der Waals surface area contributed by atoms with Gasteiger partial charge in [-0.2, -0.15) is 0 Å². The Kier molecular flexibility index (Phi) is 3.76. The molecule has 0 radical (unpaired) electrons. The molecule has 0 saturated carbocycles. The summed E-state index contributed by atoms with van der Waals surface area (Å²) < 4.78 is 26.0. The zero-order valence-electron chi connectivity index (χ0n) is 7.85. The largest absolute Gasteiger partial charge is 0.321 e. The van der Waals surface area contributed by atoms with Crippen LogP contribution in [0.5, 0.6) is 0 Å². The second kappa shape index (κ2) is 4.67. The van der Waals surface area contributed by atoms with E-state index in [1.54, 1.807) is 0 Å². The van der Waals surface area contributed by atoms with Crippen LogP contribution < -0.4 is 11.1 Å². The van der Waals surface area contributed by atoms with Crippen LogP contribution in [0.15, 0.2) is 16.6 Å². The minimum absolute atomic E-state index is 0.112. The summed E-state index contributed by atoms with van der Waals surface area (Å²) in [6.45, 7) is 1.46. The van der Waals surface area contributed by atoms with Crippen LogP contribution in [0.25, 0.3) is 0 Å². The molecule has 1 aromatic rings. The highest BCUT2D eigenvalue weighted by atomic mass is 79.9. The average Bonchev–Trinajstić information content (AvgIpc) is 2.10. The Morgan fingerprint density at radius 3 is 2.60 bits per heavy atom. The summed E-state index contributed by atoms with van der Waals surface area (Å²) in [5.41, 5.74) is 5.18. The quantitative estimate of drug-likeness (QED) is 0.870. The van der Waals surface area contributed by atoms with Crippen molar-refractivity contribution < 1.29 is 13.6 Å². The van der Waals surface area contributed by atoms with Crippen molar-refractivity contribution >= 4 is 27.5 Å². The lowest BCUT2D eigenvalue weighted by Gasteiger charge is -2.10. The first kappa shape index (κ1) is 12.1. The molecule has 15 heavy (non-hydrogen) atoms. The molecule has 0 bridgehead atoms.